The van der Waals surface area contributed by atoms with E-state index in [2.05, 4.69) is 0 Å². The van der Waals surface area contributed by atoms with Crippen LogP contribution in [0.5, 0.6) is 0 Å². The largest absolute Gasteiger partial charge is 0.313 e. The molecule has 0 N–H and O–H groups in total. The molecule has 18 heavy (non-hydrogen) atoms. The van der Waals surface area contributed by atoms with Gasteiger partial charge < -0.3 is 9.80 Å². The van der Waals surface area contributed by atoms with Crippen molar-refractivity contribution < 1.29 is 9.59 Å². The predicted molar refractivity (Wildman–Crippen MR) is 72.1 cm³/mol. The summed E-state index contributed by atoms with van der Waals surface area (Å²) in [5.41, 5.74) is 1.40. The van der Waals surface area contributed by atoms with E-state index in [9.17, 15) is 9.59 Å². The van der Waals surface area contributed by atoms with Crippen LogP contribution in [0.1, 0.15) is 20.3 Å². The summed E-state index contributed by atoms with van der Waals surface area (Å²) in [5, 5.41) is 0.551. The van der Waals surface area contributed by atoms with E-state index < -0.39 is 0 Å². The fraction of sp³-hybridized carbons (Fsp3) is 0.385. The number of hydrogen-bond acceptors (Lipinski definition) is 2. The molecule has 0 fully saturated rings. The lowest BCUT2D eigenvalue weighted by Crippen LogP contribution is -2.37. The summed E-state index contributed by atoms with van der Waals surface area (Å²) in [5.74, 6) is -0.0936. The van der Waals surface area contributed by atoms with Gasteiger partial charge in [0.15, 0.2) is 0 Å². The Balaban J connectivity index is 2.65. The van der Waals surface area contributed by atoms with Crippen molar-refractivity contribution in [2.45, 2.75) is 26.3 Å². The number of amides is 2. The number of carbonyl (C=O) groups is 2. The molecule has 4 nitrogen and oxygen atoms in total. The van der Waals surface area contributed by atoms with Gasteiger partial charge in [0.25, 0.3) is 0 Å². The Labute approximate surface area is 111 Å². The molecule has 2 rings (SSSR count). The molecule has 0 bridgehead atoms. The van der Waals surface area contributed by atoms with Crippen LogP contribution in [0.2, 0.25) is 5.02 Å². The van der Waals surface area contributed by atoms with Gasteiger partial charge in [-0.1, -0.05) is 11.6 Å². The van der Waals surface area contributed by atoms with Crippen LogP contribution in [0, 0.1) is 0 Å². The average Bonchev–Trinajstić information content (AvgIpc) is 2.35. The van der Waals surface area contributed by atoms with Crippen molar-refractivity contribution in [3.05, 3.63) is 23.2 Å². The summed E-state index contributed by atoms with van der Waals surface area (Å²) < 4.78 is 0. The molecule has 1 atom stereocenters. The molecule has 2 amide bonds. The summed E-state index contributed by atoms with van der Waals surface area (Å²) in [6.45, 7) is 3.36. The van der Waals surface area contributed by atoms with Gasteiger partial charge in [0.2, 0.25) is 11.8 Å². The number of carbonyl (C=O) groups excluding carboxylic acids is 2. The van der Waals surface area contributed by atoms with Gasteiger partial charge in [0.1, 0.15) is 0 Å². The maximum atomic E-state index is 12.0. The first-order valence-electron chi connectivity index (χ1n) is 5.77. The highest BCUT2D eigenvalue weighted by Gasteiger charge is 2.30. The van der Waals surface area contributed by atoms with Crippen molar-refractivity contribution in [1.29, 1.82) is 0 Å². The van der Waals surface area contributed by atoms with Gasteiger partial charge in [0.05, 0.1) is 11.4 Å². The van der Waals surface area contributed by atoms with E-state index in [1.165, 1.54) is 6.92 Å². The smallest absolute Gasteiger partial charge is 0.228 e. The van der Waals surface area contributed by atoms with Crippen molar-refractivity contribution in [2.75, 3.05) is 16.8 Å². The van der Waals surface area contributed by atoms with Gasteiger partial charge in [-0.3, -0.25) is 9.59 Å². The number of hydrogen-bond donors (Lipinski definition) is 0. The Kier molecular flexibility index (Phi) is 3.30. The molecule has 0 spiro atoms. The molecule has 1 aliphatic heterocycles. The molecule has 0 radical (unpaired) electrons. The first-order chi connectivity index (χ1) is 8.41. The van der Waals surface area contributed by atoms with Crippen molar-refractivity contribution in [3.8, 4) is 0 Å². The van der Waals surface area contributed by atoms with Crippen LogP contribution in [0.4, 0.5) is 11.4 Å². The van der Waals surface area contributed by atoms with E-state index in [0.717, 1.165) is 0 Å². The van der Waals surface area contributed by atoms with Crippen LogP contribution < -0.4 is 9.80 Å². The number of rotatable bonds is 0. The second-order valence-corrected chi connectivity index (χ2v) is 4.96. The molecular formula is C13H15ClN2O2. The molecule has 1 heterocycles. The second kappa shape index (κ2) is 4.61. The Hall–Kier alpha value is -1.55. The SMILES string of the molecule is CC(=O)N1c2cc(Cl)ccc2N(C)C(=O)C[C@@H]1C. The van der Waals surface area contributed by atoms with E-state index in [4.69, 9.17) is 11.6 Å². The lowest BCUT2D eigenvalue weighted by Gasteiger charge is -2.27. The highest BCUT2D eigenvalue weighted by Crippen LogP contribution is 2.36. The van der Waals surface area contributed by atoms with Gasteiger partial charge in [-0.2, -0.15) is 0 Å². The molecular weight excluding hydrogens is 252 g/mol. The zero-order valence-electron chi connectivity index (χ0n) is 10.6. The standard InChI is InChI=1S/C13H15ClN2O2/c1-8-6-13(18)15(3)11-5-4-10(14)7-12(11)16(8)9(2)17/h4-5,7-8H,6H2,1-3H3/t8-/m0/s1. The molecule has 0 aliphatic carbocycles. The quantitative estimate of drug-likeness (QED) is 0.724. The highest BCUT2D eigenvalue weighted by molar-refractivity contribution is 6.31. The number of nitrogens with zero attached hydrogens (tertiary/aromatic N) is 2. The third kappa shape index (κ3) is 2.08. The molecule has 0 saturated heterocycles. The number of anilines is 2. The average molecular weight is 267 g/mol. The molecule has 1 aromatic rings. The number of fused-ring (bicyclic) bond motifs is 1. The number of benzene rings is 1. The lowest BCUT2D eigenvalue weighted by molar-refractivity contribution is -0.119. The first kappa shape index (κ1) is 12.9. The van der Waals surface area contributed by atoms with Crippen LogP contribution in [0.25, 0.3) is 0 Å². The van der Waals surface area contributed by atoms with Gasteiger partial charge in [-0.15, -0.1) is 0 Å². The summed E-state index contributed by atoms with van der Waals surface area (Å²) in [7, 11) is 1.71. The van der Waals surface area contributed by atoms with Gasteiger partial charge >= 0.3 is 0 Å². The zero-order chi connectivity index (χ0) is 13.4. The number of halogens is 1. The minimum atomic E-state index is -0.169. The normalized spacial score (nSPS) is 19.6. The first-order valence-corrected chi connectivity index (χ1v) is 6.15. The molecule has 96 valence electrons. The van der Waals surface area contributed by atoms with E-state index in [-0.39, 0.29) is 17.9 Å². The molecule has 0 saturated carbocycles. The monoisotopic (exact) mass is 266 g/mol. The Bertz CT molecular complexity index is 516. The fourth-order valence-electron chi connectivity index (χ4n) is 2.31. The van der Waals surface area contributed by atoms with E-state index in [1.54, 1.807) is 35.0 Å². The second-order valence-electron chi connectivity index (χ2n) is 4.53. The Morgan fingerprint density at radius 1 is 1.39 bits per heavy atom. The van der Waals surface area contributed by atoms with E-state index in [0.29, 0.717) is 22.8 Å². The van der Waals surface area contributed by atoms with Gasteiger partial charge in [-0.05, 0) is 25.1 Å². The summed E-state index contributed by atoms with van der Waals surface area (Å²) >= 11 is 5.99. The fourth-order valence-corrected chi connectivity index (χ4v) is 2.47. The molecule has 0 unspecified atom stereocenters. The topological polar surface area (TPSA) is 40.6 Å². The van der Waals surface area contributed by atoms with Gasteiger partial charge in [0, 0.05) is 31.5 Å². The minimum absolute atomic E-state index is 0.00479. The van der Waals surface area contributed by atoms with Gasteiger partial charge in [-0.25, -0.2) is 0 Å². The van der Waals surface area contributed by atoms with Crippen molar-refractivity contribution in [2.24, 2.45) is 0 Å². The summed E-state index contributed by atoms with van der Waals surface area (Å²) in [6, 6.07) is 5.04. The minimum Gasteiger partial charge on any atom is -0.313 e. The van der Waals surface area contributed by atoms with Crippen LogP contribution in [0.3, 0.4) is 0 Å². The van der Waals surface area contributed by atoms with Crippen LogP contribution in [0.15, 0.2) is 18.2 Å². The Morgan fingerprint density at radius 3 is 2.67 bits per heavy atom. The van der Waals surface area contributed by atoms with Crippen LogP contribution in [-0.4, -0.2) is 24.9 Å². The predicted octanol–water partition coefficient (Wildman–Crippen LogP) is 2.45. The van der Waals surface area contributed by atoms with Crippen molar-refractivity contribution in [3.63, 3.8) is 0 Å². The van der Waals surface area contributed by atoms with Crippen LogP contribution >= 0.6 is 11.6 Å². The highest BCUT2D eigenvalue weighted by atomic mass is 35.5. The molecule has 1 aliphatic rings. The maximum absolute atomic E-state index is 12.0. The molecule has 1 aromatic carbocycles. The third-order valence-electron chi connectivity index (χ3n) is 3.18. The maximum Gasteiger partial charge on any atom is 0.228 e. The van der Waals surface area contributed by atoms with E-state index in [1.807, 2.05) is 6.92 Å². The lowest BCUT2D eigenvalue weighted by atomic mass is 10.2. The summed E-state index contributed by atoms with van der Waals surface area (Å²) in [4.78, 5) is 27.0. The third-order valence-corrected chi connectivity index (χ3v) is 3.42. The van der Waals surface area contributed by atoms with E-state index >= 15 is 0 Å². The summed E-state index contributed by atoms with van der Waals surface area (Å²) in [6.07, 6.45) is 0.308. The zero-order valence-corrected chi connectivity index (χ0v) is 11.4. The van der Waals surface area contributed by atoms with Crippen molar-refractivity contribution >= 4 is 34.8 Å². The Morgan fingerprint density at radius 2 is 2.06 bits per heavy atom. The van der Waals surface area contributed by atoms with Crippen molar-refractivity contribution in [1.82, 2.24) is 0 Å². The van der Waals surface area contributed by atoms with Crippen LogP contribution in [-0.2, 0) is 9.59 Å². The molecule has 0 aromatic heterocycles. The molecule has 5 heteroatoms.